The van der Waals surface area contributed by atoms with Crippen molar-refractivity contribution in [2.45, 2.75) is 24.8 Å². The van der Waals surface area contributed by atoms with Gasteiger partial charge in [-0.1, -0.05) is 30.3 Å². The number of aromatic nitrogens is 4. The number of benzene rings is 2. The van der Waals surface area contributed by atoms with Crippen molar-refractivity contribution in [3.05, 3.63) is 78.4 Å². The van der Waals surface area contributed by atoms with Crippen LogP contribution >= 0.6 is 0 Å². The minimum atomic E-state index is -2.82. The fourth-order valence-electron chi connectivity index (χ4n) is 3.25. The summed E-state index contributed by atoms with van der Waals surface area (Å²) in [5, 5.41) is 10.3. The zero-order valence-corrected chi connectivity index (χ0v) is 16.2. The molecule has 0 atom stereocenters. The lowest BCUT2D eigenvalue weighted by Crippen LogP contribution is -2.20. The second kappa shape index (κ2) is 7.75. The van der Waals surface area contributed by atoms with E-state index in [0.29, 0.717) is 11.5 Å². The fraction of sp³-hybridized carbons (Fsp3) is 0.182. The Morgan fingerprint density at radius 3 is 2.35 bits per heavy atom. The van der Waals surface area contributed by atoms with Gasteiger partial charge in [0.2, 0.25) is 5.95 Å². The topological polar surface area (TPSA) is 86.0 Å². The Hall–Kier alpha value is -3.88. The summed E-state index contributed by atoms with van der Waals surface area (Å²) in [5.41, 5.74) is 1.17. The minimum Gasteiger partial charge on any atom is -0.457 e. The van der Waals surface area contributed by atoms with Crippen LogP contribution in [0.15, 0.2) is 71.4 Å². The Morgan fingerprint density at radius 2 is 1.68 bits per heavy atom. The van der Waals surface area contributed by atoms with Crippen molar-refractivity contribution in [1.29, 1.82) is 0 Å². The van der Waals surface area contributed by atoms with Crippen LogP contribution in [0, 0.1) is 0 Å². The number of halogens is 2. The first-order valence-electron chi connectivity index (χ1n) is 9.67. The molecule has 0 bridgehead atoms. The molecule has 1 aliphatic carbocycles. The summed E-state index contributed by atoms with van der Waals surface area (Å²) < 4.78 is 36.1. The van der Waals surface area contributed by atoms with Crippen molar-refractivity contribution in [3.8, 4) is 23.0 Å². The van der Waals surface area contributed by atoms with Gasteiger partial charge in [0.05, 0.1) is 11.1 Å². The van der Waals surface area contributed by atoms with Crippen LogP contribution in [0.5, 0.6) is 11.5 Å². The maximum atomic E-state index is 12.6. The van der Waals surface area contributed by atoms with E-state index < -0.39 is 12.3 Å². The van der Waals surface area contributed by atoms with Crippen LogP contribution in [0.2, 0.25) is 0 Å². The molecule has 2 heterocycles. The van der Waals surface area contributed by atoms with Gasteiger partial charge in [0.15, 0.2) is 0 Å². The van der Waals surface area contributed by atoms with Crippen LogP contribution in [0.3, 0.4) is 0 Å². The molecule has 4 aromatic rings. The van der Waals surface area contributed by atoms with E-state index in [0.717, 1.165) is 29.9 Å². The predicted molar refractivity (Wildman–Crippen MR) is 108 cm³/mol. The van der Waals surface area contributed by atoms with Crippen LogP contribution in [0.1, 0.15) is 30.7 Å². The van der Waals surface area contributed by atoms with E-state index >= 15 is 0 Å². The van der Waals surface area contributed by atoms with Gasteiger partial charge in [0.1, 0.15) is 11.5 Å². The van der Waals surface area contributed by atoms with Gasteiger partial charge in [-0.15, -0.1) is 10.2 Å². The number of ether oxygens (including phenoxy) is 1. The molecule has 0 saturated heterocycles. The van der Waals surface area contributed by atoms with Crippen molar-refractivity contribution in [3.63, 3.8) is 0 Å². The van der Waals surface area contributed by atoms with Gasteiger partial charge in [0, 0.05) is 12.4 Å². The molecule has 9 heteroatoms. The van der Waals surface area contributed by atoms with E-state index in [4.69, 9.17) is 9.15 Å². The van der Waals surface area contributed by atoms with Gasteiger partial charge in [-0.2, -0.15) is 8.78 Å². The third kappa shape index (κ3) is 4.07. The van der Waals surface area contributed by atoms with Crippen molar-refractivity contribution in [1.82, 2.24) is 20.2 Å². The first-order valence-corrected chi connectivity index (χ1v) is 9.67. The van der Waals surface area contributed by atoms with Crippen LogP contribution in [-0.4, -0.2) is 20.2 Å². The summed E-state index contributed by atoms with van der Waals surface area (Å²) in [6.45, 7) is 0. The van der Waals surface area contributed by atoms with Gasteiger partial charge < -0.3 is 14.5 Å². The van der Waals surface area contributed by atoms with Crippen LogP contribution in [0.4, 0.5) is 14.7 Å². The van der Waals surface area contributed by atoms with Crippen LogP contribution in [-0.2, 0) is 5.54 Å². The molecular weight excluding hydrogens is 404 g/mol. The highest BCUT2D eigenvalue weighted by molar-refractivity contribution is 5.52. The first kappa shape index (κ1) is 19.1. The molecule has 1 aliphatic rings. The number of alkyl halides is 2. The average Bonchev–Trinajstić information content (AvgIpc) is 3.39. The van der Waals surface area contributed by atoms with Gasteiger partial charge in [0.25, 0.3) is 11.8 Å². The highest BCUT2D eigenvalue weighted by Gasteiger charge is 2.45. The molecule has 0 amide bonds. The maximum absolute atomic E-state index is 12.6. The number of nitrogens with one attached hydrogen (secondary N) is 1. The molecule has 2 aromatic carbocycles. The second-order valence-electron chi connectivity index (χ2n) is 7.19. The Kier molecular flexibility index (Phi) is 4.78. The van der Waals surface area contributed by atoms with Crippen molar-refractivity contribution in [2.75, 3.05) is 5.32 Å². The molecular formula is C22H17F2N5O2. The third-order valence-electron chi connectivity index (χ3n) is 4.99. The summed E-state index contributed by atoms with van der Waals surface area (Å²) in [6.07, 6.45) is 1.95. The Labute approximate surface area is 176 Å². The van der Waals surface area contributed by atoms with E-state index in [2.05, 4.69) is 25.5 Å². The molecule has 1 saturated carbocycles. The Balaban J connectivity index is 1.31. The fourth-order valence-corrected chi connectivity index (χ4v) is 3.25. The molecule has 31 heavy (non-hydrogen) atoms. The zero-order valence-electron chi connectivity index (χ0n) is 16.2. The molecule has 0 aliphatic heterocycles. The molecule has 0 radical (unpaired) electrons. The SMILES string of the molecule is FC(F)c1nnc(-c2cnc(NC3(c4cccc(Oc5ccccc5)c4)CC3)nc2)o1. The number of para-hydroxylation sites is 1. The van der Waals surface area contributed by atoms with E-state index in [1.54, 1.807) is 0 Å². The molecule has 1 fully saturated rings. The molecule has 0 unspecified atom stereocenters. The smallest absolute Gasteiger partial charge is 0.314 e. The number of hydrogen-bond acceptors (Lipinski definition) is 7. The summed E-state index contributed by atoms with van der Waals surface area (Å²) in [4.78, 5) is 8.56. The van der Waals surface area contributed by atoms with Crippen molar-refractivity contribution in [2.24, 2.45) is 0 Å². The lowest BCUT2D eigenvalue weighted by molar-refractivity contribution is 0.116. The van der Waals surface area contributed by atoms with Crippen LogP contribution < -0.4 is 10.1 Å². The largest absolute Gasteiger partial charge is 0.457 e. The first-order chi connectivity index (χ1) is 15.1. The summed E-state index contributed by atoms with van der Waals surface area (Å²) in [6, 6.07) is 17.5. The zero-order chi connectivity index (χ0) is 21.3. The summed E-state index contributed by atoms with van der Waals surface area (Å²) in [7, 11) is 0. The normalized spacial score (nSPS) is 14.4. The minimum absolute atomic E-state index is 0.0475. The lowest BCUT2D eigenvalue weighted by Gasteiger charge is -2.19. The number of anilines is 1. The average molecular weight is 421 g/mol. The summed E-state index contributed by atoms with van der Waals surface area (Å²) >= 11 is 0. The van der Waals surface area contributed by atoms with E-state index in [9.17, 15) is 8.78 Å². The van der Waals surface area contributed by atoms with Crippen molar-refractivity contribution >= 4 is 5.95 Å². The maximum Gasteiger partial charge on any atom is 0.314 e. The predicted octanol–water partition coefficient (Wildman–Crippen LogP) is 5.36. The number of rotatable bonds is 7. The van der Waals surface area contributed by atoms with Crippen molar-refractivity contribution < 1.29 is 17.9 Å². The standard InChI is InChI=1S/C22H17F2N5O2/c23-18(24)20-29-28-19(31-20)14-12-25-21(26-13-14)27-22(9-10-22)15-5-4-8-17(11-15)30-16-6-2-1-3-7-16/h1-8,11-13,18H,9-10H2,(H,25,26,27). The van der Waals surface area contributed by atoms with Gasteiger partial charge >= 0.3 is 6.43 Å². The molecule has 5 rings (SSSR count). The highest BCUT2D eigenvalue weighted by atomic mass is 19.3. The molecule has 0 spiro atoms. The number of nitrogens with zero attached hydrogens (tertiary/aromatic N) is 4. The second-order valence-corrected chi connectivity index (χ2v) is 7.19. The third-order valence-corrected chi connectivity index (χ3v) is 4.99. The van der Waals surface area contributed by atoms with Gasteiger partial charge in [-0.25, -0.2) is 9.97 Å². The van der Waals surface area contributed by atoms with E-state index in [1.807, 2.05) is 54.6 Å². The van der Waals surface area contributed by atoms with E-state index in [1.165, 1.54) is 12.4 Å². The van der Waals surface area contributed by atoms with Crippen LogP contribution in [0.25, 0.3) is 11.5 Å². The summed E-state index contributed by atoms with van der Waals surface area (Å²) in [5.74, 6) is 1.16. The molecule has 2 aromatic heterocycles. The van der Waals surface area contributed by atoms with Gasteiger partial charge in [-0.05, 0) is 42.7 Å². The molecule has 7 nitrogen and oxygen atoms in total. The lowest BCUT2D eigenvalue weighted by atomic mass is 10.0. The highest BCUT2D eigenvalue weighted by Crippen LogP contribution is 2.48. The molecule has 1 N–H and O–H groups in total. The number of hydrogen-bond donors (Lipinski definition) is 1. The van der Waals surface area contributed by atoms with Gasteiger partial charge in [-0.3, -0.25) is 0 Å². The molecule has 156 valence electrons. The monoisotopic (exact) mass is 421 g/mol. The van der Waals surface area contributed by atoms with E-state index in [-0.39, 0.29) is 11.4 Å². The Bertz CT molecular complexity index is 1180. The quantitative estimate of drug-likeness (QED) is 0.430. The Morgan fingerprint density at radius 1 is 0.935 bits per heavy atom.